The molecule has 0 saturated heterocycles. The van der Waals surface area contributed by atoms with Crippen LogP contribution in [-0.4, -0.2) is 21.0 Å². The van der Waals surface area contributed by atoms with Gasteiger partial charge >= 0.3 is 5.97 Å². The molecule has 0 bridgehead atoms. The molecule has 0 unspecified atom stereocenters. The number of carboxylic acid groups (broad SMARTS) is 1. The number of aromatic nitrogens is 2. The second kappa shape index (κ2) is 5.17. The number of aromatic amines is 1. The summed E-state index contributed by atoms with van der Waals surface area (Å²) in [5, 5.41) is 12.1. The van der Waals surface area contributed by atoms with E-state index in [0.717, 1.165) is 11.3 Å². The van der Waals surface area contributed by atoms with E-state index in [1.807, 2.05) is 5.38 Å². The third-order valence-corrected chi connectivity index (χ3v) is 4.69. The molecule has 1 saturated carbocycles. The molecule has 4 nitrogen and oxygen atoms in total. The van der Waals surface area contributed by atoms with Gasteiger partial charge in [0.15, 0.2) is 0 Å². The minimum Gasteiger partial charge on any atom is -0.477 e. The second-order valence-electron chi connectivity index (χ2n) is 5.01. The summed E-state index contributed by atoms with van der Waals surface area (Å²) in [7, 11) is 0. The zero-order valence-corrected chi connectivity index (χ0v) is 11.4. The Hall–Kier alpha value is -1.62. The van der Waals surface area contributed by atoms with Gasteiger partial charge in [0, 0.05) is 23.1 Å². The van der Waals surface area contributed by atoms with Gasteiger partial charge in [0.1, 0.15) is 5.69 Å². The normalized spacial score (nSPS) is 16.6. The highest BCUT2D eigenvalue weighted by atomic mass is 32.1. The van der Waals surface area contributed by atoms with Gasteiger partial charge in [-0.2, -0.15) is 0 Å². The lowest BCUT2D eigenvalue weighted by Gasteiger charge is -2.18. The number of nitrogens with zero attached hydrogens (tertiary/aromatic N) is 1. The molecule has 0 spiro atoms. The largest absolute Gasteiger partial charge is 0.477 e. The van der Waals surface area contributed by atoms with Crippen molar-refractivity contribution in [3.63, 3.8) is 0 Å². The maximum absolute atomic E-state index is 10.8. The Morgan fingerprint density at radius 3 is 2.84 bits per heavy atom. The van der Waals surface area contributed by atoms with Gasteiger partial charge in [0.25, 0.3) is 0 Å². The van der Waals surface area contributed by atoms with Crippen LogP contribution in [-0.2, 0) is 0 Å². The molecule has 2 heterocycles. The fourth-order valence-corrected chi connectivity index (χ4v) is 3.62. The molecule has 100 valence electrons. The second-order valence-corrected chi connectivity index (χ2v) is 5.90. The molecule has 2 aromatic rings. The van der Waals surface area contributed by atoms with E-state index < -0.39 is 5.97 Å². The van der Waals surface area contributed by atoms with Crippen LogP contribution in [0.2, 0.25) is 0 Å². The van der Waals surface area contributed by atoms with Crippen LogP contribution in [0.15, 0.2) is 17.6 Å². The van der Waals surface area contributed by atoms with E-state index in [2.05, 4.69) is 9.97 Å². The third-order valence-electron chi connectivity index (χ3n) is 3.69. The van der Waals surface area contributed by atoms with E-state index in [9.17, 15) is 4.79 Å². The highest BCUT2D eigenvalue weighted by molar-refractivity contribution is 7.10. The van der Waals surface area contributed by atoms with Crippen LogP contribution < -0.4 is 0 Å². The number of thiazole rings is 1. The summed E-state index contributed by atoms with van der Waals surface area (Å²) in [5.41, 5.74) is 1.95. The van der Waals surface area contributed by atoms with Crippen LogP contribution in [0.1, 0.15) is 53.5 Å². The summed E-state index contributed by atoms with van der Waals surface area (Å²) in [6, 6.07) is 1.64. The number of rotatable bonds is 3. The molecule has 1 aliphatic rings. The number of hydrogen-bond donors (Lipinski definition) is 2. The predicted octanol–water partition coefficient (Wildman–Crippen LogP) is 3.88. The zero-order valence-electron chi connectivity index (χ0n) is 10.6. The molecule has 0 aliphatic heterocycles. The van der Waals surface area contributed by atoms with Gasteiger partial charge < -0.3 is 10.1 Å². The number of H-pyrrole nitrogens is 1. The number of hydrogen-bond acceptors (Lipinski definition) is 3. The monoisotopic (exact) mass is 276 g/mol. The van der Waals surface area contributed by atoms with E-state index in [1.165, 1.54) is 37.1 Å². The lowest BCUT2D eigenvalue weighted by atomic mass is 9.90. The van der Waals surface area contributed by atoms with E-state index in [0.29, 0.717) is 5.92 Å². The van der Waals surface area contributed by atoms with Gasteiger partial charge in [0.2, 0.25) is 0 Å². The fourth-order valence-electron chi connectivity index (χ4n) is 2.62. The minimum absolute atomic E-state index is 0.210. The van der Waals surface area contributed by atoms with E-state index in [-0.39, 0.29) is 5.69 Å². The summed E-state index contributed by atoms with van der Waals surface area (Å²) < 4.78 is 0. The molecule has 2 N–H and O–H groups in total. The Kier molecular flexibility index (Phi) is 3.38. The average Bonchev–Trinajstić information content (AvgIpc) is 3.09. The van der Waals surface area contributed by atoms with Crippen LogP contribution >= 0.6 is 11.3 Å². The van der Waals surface area contributed by atoms with Crippen molar-refractivity contribution in [2.45, 2.75) is 38.0 Å². The molecular weight excluding hydrogens is 260 g/mol. The number of nitrogens with one attached hydrogen (secondary N) is 1. The van der Waals surface area contributed by atoms with Crippen molar-refractivity contribution < 1.29 is 9.90 Å². The number of carbonyl (C=O) groups is 1. The van der Waals surface area contributed by atoms with E-state index in [4.69, 9.17) is 5.11 Å². The highest BCUT2D eigenvalue weighted by Crippen LogP contribution is 2.35. The van der Waals surface area contributed by atoms with Crippen LogP contribution in [0.25, 0.3) is 11.3 Å². The first kappa shape index (κ1) is 12.4. The molecular formula is C14H16N2O2S. The first-order valence-corrected chi connectivity index (χ1v) is 7.49. The molecule has 3 rings (SSSR count). The third kappa shape index (κ3) is 2.56. The molecule has 19 heavy (non-hydrogen) atoms. The van der Waals surface area contributed by atoms with Gasteiger partial charge in [-0.15, -0.1) is 11.3 Å². The quantitative estimate of drug-likeness (QED) is 0.894. The predicted molar refractivity (Wildman–Crippen MR) is 74.7 cm³/mol. The molecule has 1 fully saturated rings. The fraction of sp³-hybridized carbons (Fsp3) is 0.429. The maximum atomic E-state index is 10.8. The van der Waals surface area contributed by atoms with Crippen molar-refractivity contribution in [1.82, 2.24) is 9.97 Å². The molecule has 1 aliphatic carbocycles. The lowest BCUT2D eigenvalue weighted by molar-refractivity contribution is 0.0691. The smallest absolute Gasteiger partial charge is 0.352 e. The first-order valence-electron chi connectivity index (χ1n) is 6.61. The molecule has 2 aromatic heterocycles. The standard InChI is InChI=1S/C14H16N2O2S/c17-14(18)11-6-10(7-15-11)12-8-19-13(16-12)9-4-2-1-3-5-9/h6-9,15H,1-5H2,(H,17,18). The Morgan fingerprint density at radius 1 is 1.37 bits per heavy atom. The molecule has 5 heteroatoms. The number of aromatic carboxylic acids is 1. The molecule has 0 aromatic carbocycles. The van der Waals surface area contributed by atoms with E-state index >= 15 is 0 Å². The van der Waals surface area contributed by atoms with Gasteiger partial charge in [-0.3, -0.25) is 0 Å². The lowest BCUT2D eigenvalue weighted by Crippen LogP contribution is -2.03. The van der Waals surface area contributed by atoms with Crippen molar-refractivity contribution in [3.05, 3.63) is 28.3 Å². The Labute approximate surface area is 115 Å². The summed E-state index contributed by atoms with van der Waals surface area (Å²) in [6.45, 7) is 0. The van der Waals surface area contributed by atoms with Crippen molar-refractivity contribution in [3.8, 4) is 11.3 Å². The highest BCUT2D eigenvalue weighted by Gasteiger charge is 2.19. The van der Waals surface area contributed by atoms with Gasteiger partial charge in [-0.1, -0.05) is 19.3 Å². The molecule has 0 atom stereocenters. The molecule has 0 radical (unpaired) electrons. The van der Waals surface area contributed by atoms with Crippen LogP contribution in [0.3, 0.4) is 0 Å². The number of carboxylic acids is 1. The minimum atomic E-state index is -0.936. The van der Waals surface area contributed by atoms with Crippen molar-refractivity contribution in [2.75, 3.05) is 0 Å². The first-order chi connectivity index (χ1) is 9.24. The van der Waals surface area contributed by atoms with Crippen molar-refractivity contribution >= 4 is 17.3 Å². The summed E-state index contributed by atoms with van der Waals surface area (Å²) >= 11 is 1.70. The average molecular weight is 276 g/mol. The topological polar surface area (TPSA) is 66.0 Å². The van der Waals surface area contributed by atoms with Gasteiger partial charge in [0.05, 0.1) is 10.7 Å². The van der Waals surface area contributed by atoms with Gasteiger partial charge in [-0.25, -0.2) is 9.78 Å². The zero-order chi connectivity index (χ0) is 13.2. The van der Waals surface area contributed by atoms with Crippen LogP contribution in [0.4, 0.5) is 0 Å². The summed E-state index contributed by atoms with van der Waals surface area (Å²) in [5.74, 6) is -0.334. The maximum Gasteiger partial charge on any atom is 0.352 e. The summed E-state index contributed by atoms with van der Waals surface area (Å²) in [6.07, 6.45) is 8.12. The Balaban J connectivity index is 1.81. The van der Waals surface area contributed by atoms with Crippen molar-refractivity contribution in [2.24, 2.45) is 0 Å². The molecule has 0 amide bonds. The Bertz CT molecular complexity index is 582. The SMILES string of the molecule is O=C(O)c1cc(-c2csc(C3CCCCC3)n2)c[nH]1. The summed E-state index contributed by atoms with van der Waals surface area (Å²) in [4.78, 5) is 18.3. The van der Waals surface area contributed by atoms with Crippen LogP contribution in [0, 0.1) is 0 Å². The van der Waals surface area contributed by atoms with Gasteiger partial charge in [-0.05, 0) is 18.9 Å². The van der Waals surface area contributed by atoms with Crippen molar-refractivity contribution in [1.29, 1.82) is 0 Å². The van der Waals surface area contributed by atoms with Crippen LogP contribution in [0.5, 0.6) is 0 Å². The van der Waals surface area contributed by atoms with E-state index in [1.54, 1.807) is 23.6 Å². The Morgan fingerprint density at radius 2 is 2.16 bits per heavy atom.